The summed E-state index contributed by atoms with van der Waals surface area (Å²) in [7, 11) is 0. The molecule has 3 N–H and O–H groups in total. The Morgan fingerprint density at radius 1 is 1.53 bits per heavy atom. The van der Waals surface area contributed by atoms with Gasteiger partial charge in [-0.25, -0.2) is 5.43 Å². The van der Waals surface area contributed by atoms with E-state index in [4.69, 9.17) is 5.73 Å². The molecule has 0 radical (unpaired) electrons. The number of hydrogen-bond acceptors (Lipinski definition) is 4. The van der Waals surface area contributed by atoms with Crippen LogP contribution in [0.1, 0.15) is 12.5 Å². The average Bonchev–Trinajstić information content (AvgIpc) is 2.26. The maximum atomic E-state index is 10.8. The number of carbonyl (C=O) groups excluding carboxylic acids is 2. The van der Waals surface area contributed by atoms with Gasteiger partial charge in [0.25, 0.3) is 0 Å². The van der Waals surface area contributed by atoms with Gasteiger partial charge in [-0.3, -0.25) is 14.6 Å². The Labute approximate surface area is 86.2 Å². The van der Waals surface area contributed by atoms with Crippen LogP contribution < -0.4 is 11.2 Å². The van der Waals surface area contributed by atoms with Crippen LogP contribution in [0.4, 0.5) is 0 Å². The Balaban J connectivity index is 2.69. The molecule has 6 nitrogen and oxygen atoms in total. The van der Waals surface area contributed by atoms with Crippen molar-refractivity contribution in [2.24, 2.45) is 10.8 Å². The van der Waals surface area contributed by atoms with Crippen molar-refractivity contribution in [3.05, 3.63) is 30.1 Å². The summed E-state index contributed by atoms with van der Waals surface area (Å²) < 4.78 is 0. The molecule has 1 aromatic heterocycles. The zero-order chi connectivity index (χ0) is 11.3. The molecule has 0 atom stereocenters. The van der Waals surface area contributed by atoms with Crippen LogP contribution in [0.25, 0.3) is 0 Å². The lowest BCUT2D eigenvalue weighted by Gasteiger charge is -1.99. The summed E-state index contributed by atoms with van der Waals surface area (Å²) in [5, 5.41) is 3.69. The zero-order valence-corrected chi connectivity index (χ0v) is 8.10. The van der Waals surface area contributed by atoms with Gasteiger partial charge in [0.1, 0.15) is 0 Å². The molecule has 0 bridgehead atoms. The standard InChI is InChI=1S/C9H10N4O2/c1-6(7-3-2-4-11-5-7)12-13-9(15)8(10)14/h2-5H,1H3,(H2,10,14)(H,13,15)/b12-6+. The first-order valence-electron chi connectivity index (χ1n) is 4.15. The smallest absolute Gasteiger partial charge is 0.329 e. The van der Waals surface area contributed by atoms with Gasteiger partial charge in [-0.15, -0.1) is 0 Å². The van der Waals surface area contributed by atoms with Gasteiger partial charge in [-0.05, 0) is 13.0 Å². The van der Waals surface area contributed by atoms with Crippen LogP contribution in [0.15, 0.2) is 29.6 Å². The molecule has 0 saturated heterocycles. The lowest BCUT2D eigenvalue weighted by Crippen LogP contribution is -2.33. The van der Waals surface area contributed by atoms with E-state index in [0.29, 0.717) is 5.71 Å². The van der Waals surface area contributed by atoms with E-state index >= 15 is 0 Å². The summed E-state index contributed by atoms with van der Waals surface area (Å²) in [4.78, 5) is 25.0. The van der Waals surface area contributed by atoms with Gasteiger partial charge >= 0.3 is 11.8 Å². The molecule has 0 aliphatic heterocycles. The SMILES string of the molecule is C/C(=N\NC(=O)C(N)=O)c1cccnc1. The Morgan fingerprint density at radius 3 is 2.80 bits per heavy atom. The van der Waals surface area contributed by atoms with Gasteiger partial charge in [0.05, 0.1) is 5.71 Å². The molecule has 0 unspecified atom stereocenters. The second kappa shape index (κ2) is 4.85. The van der Waals surface area contributed by atoms with Crippen LogP contribution >= 0.6 is 0 Å². The molecule has 0 spiro atoms. The van der Waals surface area contributed by atoms with Gasteiger partial charge in [0, 0.05) is 18.0 Å². The predicted octanol–water partition coefficient (Wildman–Crippen LogP) is -0.593. The lowest BCUT2D eigenvalue weighted by atomic mass is 10.2. The van der Waals surface area contributed by atoms with Crippen molar-refractivity contribution >= 4 is 17.5 Å². The highest BCUT2D eigenvalue weighted by Gasteiger charge is 2.06. The molecule has 15 heavy (non-hydrogen) atoms. The molecule has 6 heteroatoms. The molecule has 0 aliphatic carbocycles. The van der Waals surface area contributed by atoms with Crippen LogP contribution in [-0.4, -0.2) is 22.5 Å². The minimum absolute atomic E-state index is 0.540. The number of primary amides is 1. The molecular formula is C9H10N4O2. The number of hydrogen-bond donors (Lipinski definition) is 2. The maximum absolute atomic E-state index is 10.8. The van der Waals surface area contributed by atoms with Gasteiger partial charge in [-0.2, -0.15) is 5.10 Å². The van der Waals surface area contributed by atoms with E-state index in [2.05, 4.69) is 10.1 Å². The van der Waals surface area contributed by atoms with Crippen LogP contribution in [0.5, 0.6) is 0 Å². The van der Waals surface area contributed by atoms with Crippen LogP contribution in [0, 0.1) is 0 Å². The fraction of sp³-hybridized carbons (Fsp3) is 0.111. The number of carbonyl (C=O) groups is 2. The summed E-state index contributed by atoms with van der Waals surface area (Å²) in [6.45, 7) is 1.68. The van der Waals surface area contributed by atoms with Gasteiger partial charge < -0.3 is 5.73 Å². The number of rotatable bonds is 2. The van der Waals surface area contributed by atoms with Crippen LogP contribution in [0.2, 0.25) is 0 Å². The van der Waals surface area contributed by atoms with Crippen molar-refractivity contribution in [3.63, 3.8) is 0 Å². The number of hydrazone groups is 1. The average molecular weight is 206 g/mol. The molecular weight excluding hydrogens is 196 g/mol. The van der Waals surface area contributed by atoms with E-state index in [0.717, 1.165) is 5.56 Å². The largest absolute Gasteiger partial charge is 0.361 e. The van der Waals surface area contributed by atoms with Gasteiger partial charge in [0.2, 0.25) is 0 Å². The summed E-state index contributed by atoms with van der Waals surface area (Å²) in [5.74, 6) is -2.02. The van der Waals surface area contributed by atoms with E-state index in [1.807, 2.05) is 5.43 Å². The molecule has 0 fully saturated rings. The fourth-order valence-corrected chi connectivity index (χ4v) is 0.831. The third kappa shape index (κ3) is 3.18. The summed E-state index contributed by atoms with van der Waals surface area (Å²) >= 11 is 0. The van der Waals surface area contributed by atoms with E-state index < -0.39 is 11.8 Å². The van der Waals surface area contributed by atoms with E-state index in [1.165, 1.54) is 0 Å². The molecule has 0 aliphatic rings. The van der Waals surface area contributed by atoms with Crippen LogP contribution in [-0.2, 0) is 9.59 Å². The molecule has 0 saturated carbocycles. The molecule has 2 amide bonds. The molecule has 1 aromatic rings. The fourth-order valence-electron chi connectivity index (χ4n) is 0.831. The number of nitrogens with one attached hydrogen (secondary N) is 1. The zero-order valence-electron chi connectivity index (χ0n) is 8.10. The minimum atomic E-state index is -1.07. The monoisotopic (exact) mass is 206 g/mol. The van der Waals surface area contributed by atoms with E-state index in [-0.39, 0.29) is 0 Å². The Bertz CT molecular complexity index is 400. The number of aromatic nitrogens is 1. The summed E-state index contributed by atoms with van der Waals surface area (Å²) in [6.07, 6.45) is 3.22. The molecule has 78 valence electrons. The first-order valence-corrected chi connectivity index (χ1v) is 4.15. The van der Waals surface area contributed by atoms with E-state index in [9.17, 15) is 9.59 Å². The summed E-state index contributed by atoms with van der Waals surface area (Å²) in [5.41, 5.74) is 8.05. The van der Waals surface area contributed by atoms with Crippen molar-refractivity contribution < 1.29 is 9.59 Å². The molecule has 0 aromatic carbocycles. The Morgan fingerprint density at radius 2 is 2.27 bits per heavy atom. The van der Waals surface area contributed by atoms with Crippen molar-refractivity contribution in [1.82, 2.24) is 10.4 Å². The minimum Gasteiger partial charge on any atom is -0.361 e. The van der Waals surface area contributed by atoms with Gasteiger partial charge in [-0.1, -0.05) is 6.07 Å². The third-order valence-corrected chi connectivity index (χ3v) is 1.63. The van der Waals surface area contributed by atoms with Gasteiger partial charge in [0.15, 0.2) is 0 Å². The maximum Gasteiger partial charge on any atom is 0.329 e. The number of amides is 2. The van der Waals surface area contributed by atoms with Crippen molar-refractivity contribution in [3.8, 4) is 0 Å². The highest BCUT2D eigenvalue weighted by molar-refractivity contribution is 6.34. The third-order valence-electron chi connectivity index (χ3n) is 1.63. The number of pyridine rings is 1. The Hall–Kier alpha value is -2.24. The van der Waals surface area contributed by atoms with Crippen molar-refractivity contribution in [1.29, 1.82) is 0 Å². The predicted molar refractivity (Wildman–Crippen MR) is 53.8 cm³/mol. The number of nitrogens with two attached hydrogens (primary N) is 1. The summed E-state index contributed by atoms with van der Waals surface area (Å²) in [6, 6.07) is 3.52. The normalized spacial score (nSPS) is 10.9. The lowest BCUT2D eigenvalue weighted by molar-refractivity contribution is -0.137. The first kappa shape index (κ1) is 10.8. The number of nitrogens with zero attached hydrogens (tertiary/aromatic N) is 2. The highest BCUT2D eigenvalue weighted by atomic mass is 16.2. The Kier molecular flexibility index (Phi) is 3.50. The second-order valence-corrected chi connectivity index (χ2v) is 2.74. The van der Waals surface area contributed by atoms with E-state index in [1.54, 1.807) is 31.5 Å². The van der Waals surface area contributed by atoms with Crippen molar-refractivity contribution in [2.75, 3.05) is 0 Å². The van der Waals surface area contributed by atoms with Crippen LogP contribution in [0.3, 0.4) is 0 Å². The topological polar surface area (TPSA) is 97.4 Å². The first-order chi connectivity index (χ1) is 7.11. The molecule has 1 rings (SSSR count). The highest BCUT2D eigenvalue weighted by Crippen LogP contribution is 1.96. The molecule has 1 heterocycles. The van der Waals surface area contributed by atoms with Crippen molar-refractivity contribution in [2.45, 2.75) is 6.92 Å². The quantitative estimate of drug-likeness (QED) is 0.384. The second-order valence-electron chi connectivity index (χ2n) is 2.74.